The summed E-state index contributed by atoms with van der Waals surface area (Å²) in [5, 5.41) is 8.82. The Hall–Kier alpha value is -1.40. The molecule has 0 heterocycles. The van der Waals surface area contributed by atoms with Gasteiger partial charge in [-0.25, -0.2) is 17.9 Å². The molecule has 0 saturated carbocycles. The monoisotopic (exact) mass is 271 g/mol. The van der Waals surface area contributed by atoms with Crippen molar-refractivity contribution < 1.29 is 18.3 Å². The number of aromatic carboxylic acids is 1. The second-order valence-electron chi connectivity index (χ2n) is 4.20. The van der Waals surface area contributed by atoms with E-state index >= 15 is 0 Å². The fourth-order valence-electron chi connectivity index (χ4n) is 1.28. The maximum Gasteiger partial charge on any atom is 0.335 e. The molecule has 6 heteroatoms. The summed E-state index contributed by atoms with van der Waals surface area (Å²) in [5.74, 6) is -0.906. The van der Waals surface area contributed by atoms with Crippen LogP contribution in [0, 0.1) is 5.92 Å². The Morgan fingerprint density at radius 1 is 1.44 bits per heavy atom. The van der Waals surface area contributed by atoms with Crippen LogP contribution in [0.25, 0.3) is 0 Å². The van der Waals surface area contributed by atoms with E-state index in [1.807, 2.05) is 13.8 Å². The minimum atomic E-state index is -3.63. The summed E-state index contributed by atoms with van der Waals surface area (Å²) >= 11 is 0. The van der Waals surface area contributed by atoms with Gasteiger partial charge in [0, 0.05) is 6.54 Å². The number of carboxylic acids is 1. The van der Waals surface area contributed by atoms with Crippen LogP contribution in [0.5, 0.6) is 0 Å². The first-order chi connectivity index (χ1) is 8.36. The first-order valence-electron chi connectivity index (χ1n) is 5.70. The van der Waals surface area contributed by atoms with Crippen molar-refractivity contribution in [3.63, 3.8) is 0 Å². The predicted octanol–water partition coefficient (Wildman–Crippen LogP) is 1.71. The molecule has 100 valence electrons. The Bertz CT molecular complexity index is 525. The molecule has 0 aromatic heterocycles. The van der Waals surface area contributed by atoms with Crippen molar-refractivity contribution in [1.29, 1.82) is 0 Å². The molecule has 0 bridgehead atoms. The van der Waals surface area contributed by atoms with Crippen molar-refractivity contribution in [1.82, 2.24) is 4.72 Å². The summed E-state index contributed by atoms with van der Waals surface area (Å²) in [4.78, 5) is 10.8. The van der Waals surface area contributed by atoms with Crippen LogP contribution < -0.4 is 4.72 Å². The number of sulfonamides is 1. The van der Waals surface area contributed by atoms with E-state index in [1.165, 1.54) is 18.2 Å². The third kappa shape index (κ3) is 3.82. The Labute approximate surface area is 107 Å². The second kappa shape index (κ2) is 5.97. The Morgan fingerprint density at radius 3 is 2.67 bits per heavy atom. The number of carboxylic acid groups (broad SMARTS) is 1. The van der Waals surface area contributed by atoms with Gasteiger partial charge in [-0.2, -0.15) is 0 Å². The van der Waals surface area contributed by atoms with Crippen LogP contribution in [-0.2, 0) is 10.0 Å². The van der Waals surface area contributed by atoms with Crippen LogP contribution in [0.1, 0.15) is 30.6 Å². The second-order valence-corrected chi connectivity index (χ2v) is 5.97. The zero-order chi connectivity index (χ0) is 13.8. The van der Waals surface area contributed by atoms with Crippen LogP contribution >= 0.6 is 0 Å². The van der Waals surface area contributed by atoms with E-state index in [2.05, 4.69) is 4.72 Å². The van der Waals surface area contributed by atoms with Crippen LogP contribution in [0.2, 0.25) is 0 Å². The summed E-state index contributed by atoms with van der Waals surface area (Å²) in [7, 11) is -3.63. The predicted molar refractivity (Wildman–Crippen MR) is 68.0 cm³/mol. The van der Waals surface area contributed by atoms with E-state index < -0.39 is 16.0 Å². The lowest BCUT2D eigenvalue weighted by molar-refractivity contribution is 0.0696. The zero-order valence-corrected chi connectivity index (χ0v) is 11.2. The smallest absolute Gasteiger partial charge is 0.335 e. The van der Waals surface area contributed by atoms with Gasteiger partial charge < -0.3 is 5.11 Å². The third-order valence-electron chi connectivity index (χ3n) is 2.71. The van der Waals surface area contributed by atoms with Gasteiger partial charge >= 0.3 is 5.97 Å². The molecule has 2 N–H and O–H groups in total. The summed E-state index contributed by atoms with van der Waals surface area (Å²) in [6.45, 7) is 4.26. The van der Waals surface area contributed by atoms with E-state index in [0.29, 0.717) is 6.54 Å². The SMILES string of the molecule is CCC(C)CNS(=O)(=O)c1cccc(C(=O)O)c1. The highest BCUT2D eigenvalue weighted by atomic mass is 32.2. The molecule has 1 atom stereocenters. The van der Waals surface area contributed by atoms with E-state index in [4.69, 9.17) is 5.11 Å². The van der Waals surface area contributed by atoms with E-state index in [1.54, 1.807) is 0 Å². The first kappa shape index (κ1) is 14.7. The number of carbonyl (C=O) groups is 1. The molecule has 0 fully saturated rings. The number of rotatable bonds is 6. The largest absolute Gasteiger partial charge is 0.478 e. The molecule has 0 spiro atoms. The van der Waals surface area contributed by atoms with Crippen molar-refractivity contribution in [2.75, 3.05) is 6.54 Å². The highest BCUT2D eigenvalue weighted by Gasteiger charge is 2.16. The van der Waals surface area contributed by atoms with Gasteiger partial charge in [-0.15, -0.1) is 0 Å². The highest BCUT2D eigenvalue weighted by molar-refractivity contribution is 7.89. The minimum absolute atomic E-state index is 0.0225. The molecular formula is C12H17NO4S. The van der Waals surface area contributed by atoms with Gasteiger partial charge in [-0.1, -0.05) is 26.3 Å². The lowest BCUT2D eigenvalue weighted by Crippen LogP contribution is -2.28. The van der Waals surface area contributed by atoms with Crippen molar-refractivity contribution in [3.05, 3.63) is 29.8 Å². The van der Waals surface area contributed by atoms with Gasteiger partial charge in [-0.3, -0.25) is 0 Å². The molecule has 5 nitrogen and oxygen atoms in total. The molecule has 0 aliphatic rings. The molecule has 18 heavy (non-hydrogen) atoms. The Balaban J connectivity index is 2.91. The van der Waals surface area contributed by atoms with Gasteiger partial charge in [0.05, 0.1) is 10.5 Å². The lowest BCUT2D eigenvalue weighted by Gasteiger charge is -2.11. The van der Waals surface area contributed by atoms with Gasteiger partial charge in [0.2, 0.25) is 10.0 Å². The summed E-state index contributed by atoms with van der Waals surface area (Å²) in [6, 6.07) is 5.31. The van der Waals surface area contributed by atoms with Gasteiger partial charge in [-0.05, 0) is 24.1 Å². The van der Waals surface area contributed by atoms with Gasteiger partial charge in [0.1, 0.15) is 0 Å². The summed E-state index contributed by atoms with van der Waals surface area (Å²) in [6.07, 6.45) is 0.873. The molecule has 0 saturated heterocycles. The summed E-state index contributed by atoms with van der Waals surface area (Å²) < 4.78 is 26.3. The number of hydrogen-bond donors (Lipinski definition) is 2. The topological polar surface area (TPSA) is 83.5 Å². The van der Waals surface area contributed by atoms with Crippen LogP contribution in [0.15, 0.2) is 29.2 Å². The molecule has 1 aromatic rings. The van der Waals surface area contributed by atoms with Crippen molar-refractivity contribution in [2.24, 2.45) is 5.92 Å². The van der Waals surface area contributed by atoms with E-state index in [-0.39, 0.29) is 16.4 Å². The lowest BCUT2D eigenvalue weighted by atomic mass is 10.1. The molecule has 0 radical (unpaired) electrons. The van der Waals surface area contributed by atoms with Gasteiger partial charge in [0.15, 0.2) is 0 Å². The average Bonchev–Trinajstić information content (AvgIpc) is 2.36. The van der Waals surface area contributed by atoms with Crippen LogP contribution in [0.4, 0.5) is 0 Å². The molecule has 1 rings (SSSR count). The fraction of sp³-hybridized carbons (Fsp3) is 0.417. The standard InChI is InChI=1S/C12H17NO4S/c1-3-9(2)8-13-18(16,17)11-6-4-5-10(7-11)12(14)15/h4-7,9,13H,3,8H2,1-2H3,(H,14,15). The van der Waals surface area contributed by atoms with Crippen LogP contribution in [0.3, 0.4) is 0 Å². The van der Waals surface area contributed by atoms with E-state index in [0.717, 1.165) is 12.5 Å². The normalized spacial score (nSPS) is 13.2. The van der Waals surface area contributed by atoms with Crippen molar-refractivity contribution in [3.8, 4) is 0 Å². The number of benzene rings is 1. The number of nitrogens with one attached hydrogen (secondary N) is 1. The quantitative estimate of drug-likeness (QED) is 0.825. The molecular weight excluding hydrogens is 254 g/mol. The van der Waals surface area contributed by atoms with Crippen molar-refractivity contribution >= 4 is 16.0 Å². The average molecular weight is 271 g/mol. The molecule has 0 amide bonds. The highest BCUT2D eigenvalue weighted by Crippen LogP contribution is 2.12. The van der Waals surface area contributed by atoms with Gasteiger partial charge in [0.25, 0.3) is 0 Å². The van der Waals surface area contributed by atoms with E-state index in [9.17, 15) is 13.2 Å². The maximum absolute atomic E-state index is 11.9. The molecule has 0 aliphatic carbocycles. The molecule has 1 aromatic carbocycles. The fourth-order valence-corrected chi connectivity index (χ4v) is 2.49. The Kier molecular flexibility index (Phi) is 4.86. The van der Waals surface area contributed by atoms with Crippen LogP contribution in [-0.4, -0.2) is 26.0 Å². The first-order valence-corrected chi connectivity index (χ1v) is 7.18. The third-order valence-corrected chi connectivity index (χ3v) is 4.13. The maximum atomic E-state index is 11.9. The zero-order valence-electron chi connectivity index (χ0n) is 10.4. The summed E-state index contributed by atoms with van der Waals surface area (Å²) in [5.41, 5.74) is -0.0404. The Morgan fingerprint density at radius 2 is 2.11 bits per heavy atom. The molecule has 1 unspecified atom stereocenters. The minimum Gasteiger partial charge on any atom is -0.478 e. The number of hydrogen-bond acceptors (Lipinski definition) is 3. The van der Waals surface area contributed by atoms with Crippen molar-refractivity contribution in [2.45, 2.75) is 25.2 Å². The molecule has 0 aliphatic heterocycles.